The molecular weight excluding hydrogens is 390 g/mol. The highest BCUT2D eigenvalue weighted by atomic mass is 32.1. The van der Waals surface area contributed by atoms with Crippen LogP contribution in [0.1, 0.15) is 25.8 Å². The quantitative estimate of drug-likeness (QED) is 0.324. The fraction of sp³-hybridized carbons (Fsp3) is 0.238. The van der Waals surface area contributed by atoms with Gasteiger partial charge in [-0.05, 0) is 55.3 Å². The first-order valence-corrected chi connectivity index (χ1v) is 10.1. The van der Waals surface area contributed by atoms with Gasteiger partial charge in [0.25, 0.3) is 11.6 Å². The van der Waals surface area contributed by atoms with Crippen LogP contribution in [0.3, 0.4) is 0 Å². The Balaban J connectivity index is 1.90. The molecule has 0 atom stereocenters. The molecule has 0 bridgehead atoms. The molecule has 0 saturated heterocycles. The van der Waals surface area contributed by atoms with Crippen molar-refractivity contribution in [3.05, 3.63) is 69.0 Å². The van der Waals surface area contributed by atoms with Gasteiger partial charge in [0.05, 0.1) is 21.7 Å². The molecule has 2 aromatic carbocycles. The lowest BCUT2D eigenvalue weighted by atomic mass is 10.2. The van der Waals surface area contributed by atoms with Crippen molar-refractivity contribution in [3.63, 3.8) is 0 Å². The number of hydrogen-bond donors (Lipinski definition) is 0. The molecule has 0 spiro atoms. The first-order valence-electron chi connectivity index (χ1n) is 9.29. The number of benzene rings is 2. The maximum absolute atomic E-state index is 12.4. The topological polar surface area (TPSA) is 86.7 Å². The second kappa shape index (κ2) is 9.29. The van der Waals surface area contributed by atoms with E-state index in [0.717, 1.165) is 28.9 Å². The summed E-state index contributed by atoms with van der Waals surface area (Å²) < 4.78 is 8.61. The summed E-state index contributed by atoms with van der Waals surface area (Å²) in [4.78, 5) is 27.5. The van der Waals surface area contributed by atoms with Gasteiger partial charge in [0.1, 0.15) is 5.75 Å². The molecule has 1 amide bonds. The molecular formula is C21H21N3O4S. The molecule has 0 aliphatic rings. The van der Waals surface area contributed by atoms with E-state index in [-0.39, 0.29) is 11.6 Å². The number of fused-ring (bicyclic) bond motifs is 1. The molecule has 0 N–H and O–H groups in total. The Labute approximate surface area is 171 Å². The zero-order chi connectivity index (χ0) is 20.8. The zero-order valence-corrected chi connectivity index (χ0v) is 17.0. The first kappa shape index (κ1) is 20.5. The van der Waals surface area contributed by atoms with E-state index in [2.05, 4.69) is 11.9 Å². The number of aromatic nitrogens is 1. The number of ether oxygens (including phenoxy) is 1. The van der Waals surface area contributed by atoms with Crippen molar-refractivity contribution in [2.45, 2.75) is 26.8 Å². The summed E-state index contributed by atoms with van der Waals surface area (Å²) in [6.45, 7) is 5.36. The molecule has 3 rings (SSSR count). The minimum Gasteiger partial charge on any atom is -0.494 e. The minimum absolute atomic E-state index is 0.00969. The molecule has 0 saturated carbocycles. The second-order valence-corrected chi connectivity index (χ2v) is 7.24. The third kappa shape index (κ3) is 4.97. The Morgan fingerprint density at radius 2 is 2.00 bits per heavy atom. The Morgan fingerprint density at radius 1 is 1.24 bits per heavy atom. The van der Waals surface area contributed by atoms with Gasteiger partial charge in [0, 0.05) is 24.8 Å². The van der Waals surface area contributed by atoms with Gasteiger partial charge in [0.15, 0.2) is 4.80 Å². The number of aryl methyl sites for hydroxylation is 1. The molecule has 29 heavy (non-hydrogen) atoms. The molecule has 1 aromatic heterocycles. The highest BCUT2D eigenvalue weighted by molar-refractivity contribution is 7.16. The van der Waals surface area contributed by atoms with Crippen LogP contribution in [0.5, 0.6) is 5.75 Å². The van der Waals surface area contributed by atoms with Gasteiger partial charge in [-0.3, -0.25) is 14.9 Å². The van der Waals surface area contributed by atoms with Crippen LogP contribution >= 0.6 is 11.3 Å². The fourth-order valence-electron chi connectivity index (χ4n) is 2.84. The zero-order valence-electron chi connectivity index (χ0n) is 16.2. The number of non-ortho nitro benzene ring substituents is 1. The summed E-state index contributed by atoms with van der Waals surface area (Å²) in [5.41, 5.74) is 1.72. The standard InChI is InChI=1S/C21H21N3O4S/c1-3-13-23-18-11-10-17(28-4-2)14-19(18)29-21(23)22-20(25)12-7-15-5-8-16(9-6-15)24(26)27/h5-12,14H,3-4,13H2,1-2H3/b12-7+,22-21?. The average molecular weight is 411 g/mol. The second-order valence-electron chi connectivity index (χ2n) is 6.23. The van der Waals surface area contributed by atoms with E-state index in [1.54, 1.807) is 18.2 Å². The Morgan fingerprint density at radius 3 is 2.66 bits per heavy atom. The summed E-state index contributed by atoms with van der Waals surface area (Å²) in [6.07, 6.45) is 3.88. The number of hydrogen-bond acceptors (Lipinski definition) is 5. The number of rotatable bonds is 7. The molecule has 0 fully saturated rings. The van der Waals surface area contributed by atoms with Crippen molar-refractivity contribution in [1.82, 2.24) is 4.57 Å². The Kier molecular flexibility index (Phi) is 6.56. The molecule has 0 radical (unpaired) electrons. The molecule has 150 valence electrons. The van der Waals surface area contributed by atoms with Crippen LogP contribution in [0.25, 0.3) is 16.3 Å². The number of nitrogens with zero attached hydrogens (tertiary/aromatic N) is 3. The van der Waals surface area contributed by atoms with Crippen molar-refractivity contribution >= 4 is 39.2 Å². The van der Waals surface area contributed by atoms with Crippen molar-refractivity contribution in [3.8, 4) is 5.75 Å². The van der Waals surface area contributed by atoms with E-state index in [1.807, 2.05) is 29.7 Å². The van der Waals surface area contributed by atoms with E-state index in [9.17, 15) is 14.9 Å². The maximum atomic E-state index is 12.4. The number of nitro groups is 1. The number of amides is 1. The monoisotopic (exact) mass is 411 g/mol. The number of nitro benzene ring substituents is 1. The van der Waals surface area contributed by atoms with Gasteiger partial charge < -0.3 is 9.30 Å². The third-order valence-electron chi connectivity index (χ3n) is 4.14. The smallest absolute Gasteiger partial charge is 0.272 e. The van der Waals surface area contributed by atoms with Gasteiger partial charge in [-0.25, -0.2) is 0 Å². The summed E-state index contributed by atoms with van der Waals surface area (Å²) >= 11 is 1.45. The lowest BCUT2D eigenvalue weighted by molar-refractivity contribution is -0.384. The maximum Gasteiger partial charge on any atom is 0.272 e. The van der Waals surface area contributed by atoms with Crippen LogP contribution in [0.15, 0.2) is 53.5 Å². The predicted octanol–water partition coefficient (Wildman–Crippen LogP) is 4.56. The summed E-state index contributed by atoms with van der Waals surface area (Å²) in [6, 6.07) is 11.9. The molecule has 8 heteroatoms. The van der Waals surface area contributed by atoms with E-state index >= 15 is 0 Å². The van der Waals surface area contributed by atoms with Crippen molar-refractivity contribution < 1.29 is 14.5 Å². The molecule has 7 nitrogen and oxygen atoms in total. The molecule has 3 aromatic rings. The summed E-state index contributed by atoms with van der Waals surface area (Å²) in [5.74, 6) is 0.408. The highest BCUT2D eigenvalue weighted by Crippen LogP contribution is 2.23. The van der Waals surface area contributed by atoms with E-state index in [0.29, 0.717) is 17.0 Å². The fourth-order valence-corrected chi connectivity index (χ4v) is 3.93. The average Bonchev–Trinajstić information content (AvgIpc) is 3.03. The molecule has 0 aliphatic heterocycles. The van der Waals surface area contributed by atoms with Crippen LogP contribution in [0, 0.1) is 10.1 Å². The van der Waals surface area contributed by atoms with Crippen LogP contribution < -0.4 is 9.54 Å². The van der Waals surface area contributed by atoms with Crippen molar-refractivity contribution in [2.75, 3.05) is 6.61 Å². The summed E-state index contributed by atoms with van der Waals surface area (Å²) in [5, 5.41) is 10.7. The van der Waals surface area contributed by atoms with Gasteiger partial charge in [-0.15, -0.1) is 0 Å². The van der Waals surface area contributed by atoms with Crippen molar-refractivity contribution in [2.24, 2.45) is 4.99 Å². The largest absolute Gasteiger partial charge is 0.494 e. The Hall–Kier alpha value is -3.26. The highest BCUT2D eigenvalue weighted by Gasteiger charge is 2.08. The van der Waals surface area contributed by atoms with Crippen LogP contribution in [0.2, 0.25) is 0 Å². The Bertz CT molecular complexity index is 1130. The lowest BCUT2D eigenvalue weighted by Crippen LogP contribution is -2.16. The lowest BCUT2D eigenvalue weighted by Gasteiger charge is -2.04. The number of thiazole rings is 1. The van der Waals surface area contributed by atoms with Gasteiger partial charge in [0.2, 0.25) is 0 Å². The molecule has 1 heterocycles. The van der Waals surface area contributed by atoms with Gasteiger partial charge in [-0.1, -0.05) is 18.3 Å². The number of carbonyl (C=O) groups excluding carboxylic acids is 1. The summed E-state index contributed by atoms with van der Waals surface area (Å²) in [7, 11) is 0. The van der Waals surface area contributed by atoms with Crippen LogP contribution in [0.4, 0.5) is 5.69 Å². The third-order valence-corrected chi connectivity index (χ3v) is 5.18. The molecule has 0 aliphatic carbocycles. The normalized spacial score (nSPS) is 12.0. The van der Waals surface area contributed by atoms with Crippen LogP contribution in [-0.2, 0) is 11.3 Å². The van der Waals surface area contributed by atoms with E-state index in [4.69, 9.17) is 4.74 Å². The van der Waals surface area contributed by atoms with Crippen molar-refractivity contribution in [1.29, 1.82) is 0 Å². The van der Waals surface area contributed by atoms with Crippen LogP contribution in [-0.4, -0.2) is 22.0 Å². The van der Waals surface area contributed by atoms with Gasteiger partial charge >= 0.3 is 0 Å². The van der Waals surface area contributed by atoms with E-state index < -0.39 is 4.92 Å². The number of carbonyl (C=O) groups is 1. The predicted molar refractivity (Wildman–Crippen MR) is 114 cm³/mol. The first-order chi connectivity index (χ1) is 14.0. The molecule has 0 unspecified atom stereocenters. The SMILES string of the molecule is CCCn1c(=NC(=O)/C=C/c2ccc([N+](=O)[O-])cc2)sc2cc(OCC)ccc21. The van der Waals surface area contributed by atoms with Gasteiger partial charge in [-0.2, -0.15) is 4.99 Å². The van der Waals surface area contributed by atoms with E-state index in [1.165, 1.54) is 29.5 Å². The minimum atomic E-state index is -0.459.